The number of para-hydroxylation sites is 1. The summed E-state index contributed by atoms with van der Waals surface area (Å²) in [6.07, 6.45) is 7.04. The van der Waals surface area contributed by atoms with E-state index < -0.39 is 0 Å². The lowest BCUT2D eigenvalue weighted by Crippen LogP contribution is -2.12. The number of nitrogens with zero attached hydrogens (tertiary/aromatic N) is 5. The Morgan fingerprint density at radius 2 is 1.91 bits per heavy atom. The molecule has 0 fully saturated rings. The summed E-state index contributed by atoms with van der Waals surface area (Å²) >= 11 is 0. The molecule has 5 rings (SSSR count). The Morgan fingerprint density at radius 3 is 2.72 bits per heavy atom. The van der Waals surface area contributed by atoms with Crippen LogP contribution in [0.4, 0.5) is 5.82 Å². The molecule has 0 saturated heterocycles. The summed E-state index contributed by atoms with van der Waals surface area (Å²) in [5.74, 6) is 1.01. The van der Waals surface area contributed by atoms with Crippen molar-refractivity contribution in [2.75, 3.05) is 11.9 Å². The highest BCUT2D eigenvalue weighted by molar-refractivity contribution is 5.95. The van der Waals surface area contributed by atoms with E-state index in [4.69, 9.17) is 4.98 Å². The Labute approximate surface area is 186 Å². The van der Waals surface area contributed by atoms with Crippen molar-refractivity contribution in [2.24, 2.45) is 0 Å². The topological polar surface area (TPSA) is 92.3 Å². The van der Waals surface area contributed by atoms with Gasteiger partial charge in [0.2, 0.25) is 0 Å². The molecule has 0 radical (unpaired) electrons. The van der Waals surface area contributed by atoms with E-state index in [1.54, 1.807) is 12.5 Å². The van der Waals surface area contributed by atoms with Crippen LogP contribution in [0.15, 0.2) is 73.4 Å². The summed E-state index contributed by atoms with van der Waals surface area (Å²) in [6.45, 7) is 4.88. The molecule has 0 saturated carbocycles. The molecule has 7 nitrogen and oxygen atoms in total. The largest absolute Gasteiger partial charge is 0.369 e. The molecule has 7 heteroatoms. The van der Waals surface area contributed by atoms with Crippen LogP contribution in [-0.4, -0.2) is 36.7 Å². The van der Waals surface area contributed by atoms with Crippen LogP contribution in [0.1, 0.15) is 24.1 Å². The second-order valence-electron chi connectivity index (χ2n) is 7.83. The fourth-order valence-electron chi connectivity index (χ4n) is 3.84. The quantitative estimate of drug-likeness (QED) is 0.401. The normalized spacial score (nSPS) is 12.1. The first-order valence-electron chi connectivity index (χ1n) is 10.6. The molecule has 0 amide bonds. The molecule has 0 aliphatic heterocycles. The number of benzene rings is 1. The molecule has 1 aromatic carbocycles. The van der Waals surface area contributed by atoms with Gasteiger partial charge in [0, 0.05) is 59.3 Å². The van der Waals surface area contributed by atoms with E-state index in [0.29, 0.717) is 0 Å². The van der Waals surface area contributed by atoms with Crippen molar-refractivity contribution in [1.82, 2.24) is 30.1 Å². The molecule has 5 aromatic rings. The molecule has 0 aliphatic rings. The third-order valence-electron chi connectivity index (χ3n) is 5.59. The van der Waals surface area contributed by atoms with Crippen molar-refractivity contribution in [3.05, 3.63) is 84.7 Å². The molecule has 1 unspecified atom stereocenters. The third kappa shape index (κ3) is 3.92. The average molecular weight is 422 g/mol. The molecule has 0 aliphatic carbocycles. The van der Waals surface area contributed by atoms with Crippen LogP contribution in [0.25, 0.3) is 33.4 Å². The van der Waals surface area contributed by atoms with Gasteiger partial charge < -0.3 is 5.32 Å². The fraction of sp³-hybridized carbons (Fsp3) is 0.160. The van der Waals surface area contributed by atoms with Gasteiger partial charge in [0.15, 0.2) is 0 Å². The fourth-order valence-corrected chi connectivity index (χ4v) is 3.84. The lowest BCUT2D eigenvalue weighted by molar-refractivity contribution is 0.806. The molecule has 158 valence electrons. The number of H-pyrrole nitrogens is 1. The predicted molar refractivity (Wildman–Crippen MR) is 126 cm³/mol. The lowest BCUT2D eigenvalue weighted by Gasteiger charge is -2.16. The lowest BCUT2D eigenvalue weighted by atomic mass is 9.95. The van der Waals surface area contributed by atoms with Crippen molar-refractivity contribution in [3.63, 3.8) is 0 Å². The van der Waals surface area contributed by atoms with E-state index in [9.17, 15) is 0 Å². The highest BCUT2D eigenvalue weighted by Gasteiger charge is 2.14. The number of aryl methyl sites for hydroxylation is 1. The summed E-state index contributed by atoms with van der Waals surface area (Å²) in [4.78, 5) is 17.8. The SMILES string of the molecule is Cc1ccc(-c2cc(NCC(C)c3cccc4c(-c5ccn[nH]5)ccnc34)ncn2)cn1. The van der Waals surface area contributed by atoms with E-state index in [2.05, 4.69) is 55.6 Å². The van der Waals surface area contributed by atoms with Crippen LogP contribution in [0, 0.1) is 6.92 Å². The summed E-state index contributed by atoms with van der Waals surface area (Å²) in [6, 6.07) is 16.3. The Bertz CT molecular complexity index is 1340. The number of hydrogen-bond donors (Lipinski definition) is 2. The number of anilines is 1. The van der Waals surface area contributed by atoms with Gasteiger partial charge in [-0.2, -0.15) is 5.10 Å². The molecule has 1 atom stereocenters. The van der Waals surface area contributed by atoms with Gasteiger partial charge in [0.1, 0.15) is 12.1 Å². The van der Waals surface area contributed by atoms with Gasteiger partial charge in [-0.05, 0) is 36.8 Å². The minimum atomic E-state index is 0.225. The highest BCUT2D eigenvalue weighted by Crippen LogP contribution is 2.31. The van der Waals surface area contributed by atoms with Gasteiger partial charge in [0.25, 0.3) is 0 Å². The van der Waals surface area contributed by atoms with Crippen molar-refractivity contribution < 1.29 is 0 Å². The number of pyridine rings is 2. The second kappa shape index (κ2) is 8.55. The Hall–Kier alpha value is -4.13. The zero-order valence-electron chi connectivity index (χ0n) is 17.9. The van der Waals surface area contributed by atoms with Gasteiger partial charge in [0.05, 0.1) is 16.9 Å². The number of nitrogens with one attached hydrogen (secondary N) is 2. The molecule has 4 aromatic heterocycles. The van der Waals surface area contributed by atoms with Crippen LogP contribution in [0.2, 0.25) is 0 Å². The number of rotatable bonds is 6. The summed E-state index contributed by atoms with van der Waals surface area (Å²) in [7, 11) is 0. The van der Waals surface area contributed by atoms with Crippen LogP contribution in [-0.2, 0) is 0 Å². The predicted octanol–water partition coefficient (Wildman–Crippen LogP) is 5.00. The smallest absolute Gasteiger partial charge is 0.129 e. The monoisotopic (exact) mass is 421 g/mol. The van der Waals surface area contributed by atoms with Crippen molar-refractivity contribution in [3.8, 4) is 22.5 Å². The van der Waals surface area contributed by atoms with E-state index in [-0.39, 0.29) is 5.92 Å². The van der Waals surface area contributed by atoms with Gasteiger partial charge >= 0.3 is 0 Å². The Balaban J connectivity index is 1.38. The van der Waals surface area contributed by atoms with Gasteiger partial charge in [-0.1, -0.05) is 25.1 Å². The van der Waals surface area contributed by atoms with E-state index in [0.717, 1.165) is 51.5 Å². The zero-order chi connectivity index (χ0) is 21.9. The van der Waals surface area contributed by atoms with Gasteiger partial charge in [-0.25, -0.2) is 9.97 Å². The second-order valence-corrected chi connectivity index (χ2v) is 7.83. The summed E-state index contributed by atoms with van der Waals surface area (Å²) in [5, 5.41) is 11.7. The minimum absolute atomic E-state index is 0.225. The van der Waals surface area contributed by atoms with Crippen molar-refractivity contribution in [1.29, 1.82) is 0 Å². The van der Waals surface area contributed by atoms with Gasteiger partial charge in [-0.15, -0.1) is 0 Å². The first kappa shape index (κ1) is 19.8. The van der Waals surface area contributed by atoms with Crippen molar-refractivity contribution >= 4 is 16.7 Å². The van der Waals surface area contributed by atoms with E-state index >= 15 is 0 Å². The molecular weight excluding hydrogens is 398 g/mol. The maximum atomic E-state index is 4.69. The summed E-state index contributed by atoms with van der Waals surface area (Å²) in [5.41, 5.74) is 7.07. The molecule has 32 heavy (non-hydrogen) atoms. The number of fused-ring (bicyclic) bond motifs is 1. The molecule has 0 spiro atoms. The van der Waals surface area contributed by atoms with E-state index in [1.165, 1.54) is 5.56 Å². The Kier molecular flexibility index (Phi) is 5.29. The standard InChI is InChI=1S/C25H23N7/c1-16(13-28-24-12-23(29-15-30-24)18-7-6-17(2)27-14-18)19-4-3-5-21-20(8-10-26-25(19)21)22-9-11-31-32-22/h3-12,14-16H,13H2,1-2H3,(H,31,32)(H,28,29,30). The molecule has 0 bridgehead atoms. The molecule has 2 N–H and O–H groups in total. The first-order valence-corrected chi connectivity index (χ1v) is 10.6. The van der Waals surface area contributed by atoms with Crippen molar-refractivity contribution in [2.45, 2.75) is 19.8 Å². The first-order chi connectivity index (χ1) is 15.7. The number of aromatic nitrogens is 6. The minimum Gasteiger partial charge on any atom is -0.369 e. The summed E-state index contributed by atoms with van der Waals surface area (Å²) < 4.78 is 0. The highest BCUT2D eigenvalue weighted by atomic mass is 15.1. The van der Waals surface area contributed by atoms with Crippen LogP contribution < -0.4 is 5.32 Å². The molecule has 4 heterocycles. The number of aromatic amines is 1. The third-order valence-corrected chi connectivity index (χ3v) is 5.59. The average Bonchev–Trinajstić information content (AvgIpc) is 3.37. The number of hydrogen-bond acceptors (Lipinski definition) is 6. The maximum Gasteiger partial charge on any atom is 0.129 e. The van der Waals surface area contributed by atoms with E-state index in [1.807, 2.05) is 49.6 Å². The maximum absolute atomic E-state index is 4.69. The van der Waals surface area contributed by atoms with Crippen LogP contribution in [0.5, 0.6) is 0 Å². The van der Waals surface area contributed by atoms with Gasteiger partial charge in [-0.3, -0.25) is 15.1 Å². The van der Waals surface area contributed by atoms with Crippen LogP contribution >= 0.6 is 0 Å². The van der Waals surface area contributed by atoms with Crippen LogP contribution in [0.3, 0.4) is 0 Å². The Morgan fingerprint density at radius 1 is 0.969 bits per heavy atom. The molecular formula is C25H23N7. The zero-order valence-corrected chi connectivity index (χ0v) is 17.9.